The predicted octanol–water partition coefficient (Wildman–Crippen LogP) is 1.11. The van der Waals surface area contributed by atoms with Crippen LogP contribution in [0.2, 0.25) is 0 Å². The van der Waals surface area contributed by atoms with Crippen LogP contribution in [0.15, 0.2) is 30.3 Å². The van der Waals surface area contributed by atoms with E-state index < -0.39 is 11.8 Å². The van der Waals surface area contributed by atoms with Crippen LogP contribution in [0.4, 0.5) is 5.69 Å². The minimum absolute atomic E-state index is 0.481. The molecular formula is C15H23N3O2. The number of carbonyl (C=O) groups excluding carboxylic acids is 2. The number of anilines is 1. The SMILES string of the molecule is CCN(CC)CCNC(=O)C(=O)N(C)c1ccccc1. The summed E-state index contributed by atoms with van der Waals surface area (Å²) in [6, 6.07) is 9.11. The first-order valence-corrected chi connectivity index (χ1v) is 6.93. The zero-order chi connectivity index (χ0) is 15.0. The molecule has 1 aromatic carbocycles. The van der Waals surface area contributed by atoms with Gasteiger partial charge in [-0.1, -0.05) is 32.0 Å². The fourth-order valence-corrected chi connectivity index (χ4v) is 1.86. The van der Waals surface area contributed by atoms with Crippen molar-refractivity contribution in [3.05, 3.63) is 30.3 Å². The van der Waals surface area contributed by atoms with Crippen LogP contribution in [0.5, 0.6) is 0 Å². The van der Waals surface area contributed by atoms with E-state index in [0.717, 1.165) is 19.6 Å². The Hall–Kier alpha value is -1.88. The Balaban J connectivity index is 2.45. The van der Waals surface area contributed by atoms with Crippen molar-refractivity contribution in [3.8, 4) is 0 Å². The smallest absolute Gasteiger partial charge is 0.316 e. The van der Waals surface area contributed by atoms with Gasteiger partial charge in [0.25, 0.3) is 0 Å². The summed E-state index contributed by atoms with van der Waals surface area (Å²) in [7, 11) is 1.60. The first-order valence-electron chi connectivity index (χ1n) is 6.93. The molecule has 0 aliphatic rings. The van der Waals surface area contributed by atoms with Crippen LogP contribution < -0.4 is 10.2 Å². The van der Waals surface area contributed by atoms with Gasteiger partial charge in [-0.2, -0.15) is 0 Å². The quantitative estimate of drug-likeness (QED) is 0.792. The molecule has 0 heterocycles. The number of likely N-dealkylation sites (N-methyl/N-ethyl adjacent to an activating group) is 2. The molecule has 0 atom stereocenters. The molecule has 1 aromatic rings. The molecule has 0 aromatic heterocycles. The molecule has 0 bridgehead atoms. The van der Waals surface area contributed by atoms with Crippen molar-refractivity contribution >= 4 is 17.5 Å². The number of para-hydroxylation sites is 1. The highest BCUT2D eigenvalue weighted by atomic mass is 16.2. The molecule has 0 aliphatic carbocycles. The number of benzene rings is 1. The van der Waals surface area contributed by atoms with E-state index in [4.69, 9.17) is 0 Å². The third-order valence-corrected chi connectivity index (χ3v) is 3.25. The van der Waals surface area contributed by atoms with Crippen LogP contribution in [0, 0.1) is 0 Å². The summed E-state index contributed by atoms with van der Waals surface area (Å²) in [5.74, 6) is -1.11. The maximum atomic E-state index is 12.0. The lowest BCUT2D eigenvalue weighted by Crippen LogP contribution is -2.43. The largest absolute Gasteiger partial charge is 0.347 e. The van der Waals surface area contributed by atoms with E-state index in [-0.39, 0.29) is 0 Å². The monoisotopic (exact) mass is 277 g/mol. The molecule has 20 heavy (non-hydrogen) atoms. The van der Waals surface area contributed by atoms with Crippen molar-refractivity contribution in [1.82, 2.24) is 10.2 Å². The average molecular weight is 277 g/mol. The van der Waals surface area contributed by atoms with E-state index >= 15 is 0 Å². The summed E-state index contributed by atoms with van der Waals surface area (Å²) in [5, 5.41) is 2.66. The number of amides is 2. The van der Waals surface area contributed by atoms with E-state index in [2.05, 4.69) is 24.1 Å². The summed E-state index contributed by atoms with van der Waals surface area (Å²) in [4.78, 5) is 27.3. The molecule has 0 fully saturated rings. The van der Waals surface area contributed by atoms with Crippen LogP contribution in [0.3, 0.4) is 0 Å². The normalized spacial score (nSPS) is 10.4. The Kier molecular flexibility index (Phi) is 6.73. The molecule has 0 aliphatic heterocycles. The van der Waals surface area contributed by atoms with Gasteiger partial charge >= 0.3 is 11.8 Å². The minimum Gasteiger partial charge on any atom is -0.347 e. The van der Waals surface area contributed by atoms with Crippen molar-refractivity contribution in [2.24, 2.45) is 0 Å². The Morgan fingerprint density at radius 3 is 2.25 bits per heavy atom. The highest BCUT2D eigenvalue weighted by molar-refractivity contribution is 6.40. The van der Waals surface area contributed by atoms with E-state index in [9.17, 15) is 9.59 Å². The maximum Gasteiger partial charge on any atom is 0.316 e. The van der Waals surface area contributed by atoms with Crippen molar-refractivity contribution < 1.29 is 9.59 Å². The summed E-state index contributed by atoms with van der Waals surface area (Å²) >= 11 is 0. The summed E-state index contributed by atoms with van der Waals surface area (Å²) < 4.78 is 0. The Labute approximate surface area is 120 Å². The number of nitrogens with zero attached hydrogens (tertiary/aromatic N) is 2. The van der Waals surface area contributed by atoms with Crippen molar-refractivity contribution in [2.45, 2.75) is 13.8 Å². The lowest BCUT2D eigenvalue weighted by molar-refractivity contribution is -0.137. The van der Waals surface area contributed by atoms with Gasteiger partial charge < -0.3 is 15.1 Å². The number of hydrogen-bond acceptors (Lipinski definition) is 3. The van der Waals surface area contributed by atoms with Crippen LogP contribution >= 0.6 is 0 Å². The fraction of sp³-hybridized carbons (Fsp3) is 0.467. The first-order chi connectivity index (χ1) is 9.60. The van der Waals surface area contributed by atoms with E-state index in [0.29, 0.717) is 12.2 Å². The number of carbonyl (C=O) groups is 2. The zero-order valence-corrected chi connectivity index (χ0v) is 12.4. The van der Waals surface area contributed by atoms with Crippen LogP contribution in [0.25, 0.3) is 0 Å². The average Bonchev–Trinajstić information content (AvgIpc) is 2.50. The number of nitrogens with one attached hydrogen (secondary N) is 1. The molecule has 0 saturated carbocycles. The van der Waals surface area contributed by atoms with Gasteiger partial charge in [-0.15, -0.1) is 0 Å². The molecule has 0 spiro atoms. The van der Waals surface area contributed by atoms with Gasteiger partial charge in [0.05, 0.1) is 0 Å². The minimum atomic E-state index is -0.566. The molecule has 110 valence electrons. The van der Waals surface area contributed by atoms with Crippen LogP contribution in [-0.2, 0) is 9.59 Å². The van der Waals surface area contributed by atoms with Crippen LogP contribution in [0.1, 0.15) is 13.8 Å². The van der Waals surface area contributed by atoms with E-state index in [1.807, 2.05) is 18.2 Å². The molecule has 0 radical (unpaired) electrons. The Bertz CT molecular complexity index is 430. The second-order valence-electron chi connectivity index (χ2n) is 4.48. The lowest BCUT2D eigenvalue weighted by atomic mass is 10.3. The Morgan fingerprint density at radius 2 is 1.70 bits per heavy atom. The molecule has 5 nitrogen and oxygen atoms in total. The summed E-state index contributed by atoms with van der Waals surface area (Å²) in [5.41, 5.74) is 0.705. The van der Waals surface area contributed by atoms with Gasteiger partial charge in [-0.25, -0.2) is 0 Å². The van der Waals surface area contributed by atoms with Gasteiger partial charge in [-0.3, -0.25) is 9.59 Å². The van der Waals surface area contributed by atoms with E-state index in [1.54, 1.807) is 19.2 Å². The van der Waals surface area contributed by atoms with Gasteiger partial charge in [0.15, 0.2) is 0 Å². The van der Waals surface area contributed by atoms with Crippen molar-refractivity contribution in [2.75, 3.05) is 38.1 Å². The topological polar surface area (TPSA) is 52.7 Å². The predicted molar refractivity (Wildman–Crippen MR) is 80.6 cm³/mol. The second kappa shape index (κ2) is 8.32. The highest BCUT2D eigenvalue weighted by Crippen LogP contribution is 2.10. The molecule has 0 unspecified atom stereocenters. The maximum absolute atomic E-state index is 12.0. The third kappa shape index (κ3) is 4.66. The number of hydrogen-bond donors (Lipinski definition) is 1. The van der Waals surface area contributed by atoms with Gasteiger partial charge in [0.1, 0.15) is 0 Å². The third-order valence-electron chi connectivity index (χ3n) is 3.25. The van der Waals surface area contributed by atoms with Gasteiger partial charge in [-0.05, 0) is 25.2 Å². The second-order valence-corrected chi connectivity index (χ2v) is 4.48. The first kappa shape index (κ1) is 16.2. The fourth-order valence-electron chi connectivity index (χ4n) is 1.86. The Morgan fingerprint density at radius 1 is 1.10 bits per heavy atom. The standard InChI is InChI=1S/C15H23N3O2/c1-4-18(5-2)12-11-16-14(19)15(20)17(3)13-9-7-6-8-10-13/h6-10H,4-5,11-12H2,1-3H3,(H,16,19). The molecular weight excluding hydrogens is 254 g/mol. The zero-order valence-electron chi connectivity index (χ0n) is 12.4. The molecule has 1 rings (SSSR count). The summed E-state index contributed by atoms with van der Waals surface area (Å²) in [6.45, 7) is 7.24. The highest BCUT2D eigenvalue weighted by Gasteiger charge is 2.19. The van der Waals surface area contributed by atoms with Gasteiger partial charge in [0, 0.05) is 25.8 Å². The lowest BCUT2D eigenvalue weighted by Gasteiger charge is -2.19. The van der Waals surface area contributed by atoms with Crippen LogP contribution in [-0.4, -0.2) is 49.9 Å². The van der Waals surface area contributed by atoms with Crippen molar-refractivity contribution in [3.63, 3.8) is 0 Å². The van der Waals surface area contributed by atoms with Gasteiger partial charge in [0.2, 0.25) is 0 Å². The molecule has 5 heteroatoms. The molecule has 0 saturated heterocycles. The number of rotatable bonds is 6. The summed E-state index contributed by atoms with van der Waals surface area (Å²) in [6.07, 6.45) is 0. The molecule has 2 amide bonds. The van der Waals surface area contributed by atoms with E-state index in [1.165, 1.54) is 4.90 Å². The van der Waals surface area contributed by atoms with Crippen molar-refractivity contribution in [1.29, 1.82) is 0 Å². The molecule has 1 N–H and O–H groups in total.